The molecular formula is C19H24N2O4S. The lowest BCUT2D eigenvalue weighted by atomic mass is 9.97. The number of rotatable bonds is 6. The molecular weight excluding hydrogens is 352 g/mol. The number of hydrogen-bond acceptors (Lipinski definition) is 6. The number of aryl methyl sites for hydroxylation is 1. The minimum atomic E-state index is -0.237. The SMILES string of the molecule is CCOC(=O)C1CCN(Cc2cc(C)sc2NC(=O)c2ccco2)CC1. The maximum atomic E-state index is 12.2. The van der Waals surface area contributed by atoms with Crippen molar-refractivity contribution in [3.8, 4) is 0 Å². The predicted octanol–water partition coefficient (Wildman–Crippen LogP) is 3.68. The van der Waals surface area contributed by atoms with E-state index in [9.17, 15) is 9.59 Å². The first-order chi connectivity index (χ1) is 12.6. The van der Waals surface area contributed by atoms with Gasteiger partial charge in [0.1, 0.15) is 5.00 Å². The number of nitrogens with zero attached hydrogens (tertiary/aromatic N) is 1. The van der Waals surface area contributed by atoms with Crippen LogP contribution in [0.5, 0.6) is 0 Å². The highest BCUT2D eigenvalue weighted by Crippen LogP contribution is 2.30. The summed E-state index contributed by atoms with van der Waals surface area (Å²) < 4.78 is 10.3. The number of ether oxygens (including phenoxy) is 1. The molecule has 1 fully saturated rings. The molecule has 0 atom stereocenters. The van der Waals surface area contributed by atoms with Crippen LogP contribution in [0.4, 0.5) is 5.00 Å². The topological polar surface area (TPSA) is 71.8 Å². The Hall–Kier alpha value is -2.12. The lowest BCUT2D eigenvalue weighted by molar-refractivity contribution is -0.149. The third-order valence-electron chi connectivity index (χ3n) is 4.51. The summed E-state index contributed by atoms with van der Waals surface area (Å²) in [6.45, 7) is 6.77. The smallest absolute Gasteiger partial charge is 0.309 e. The molecule has 1 aliphatic heterocycles. The molecule has 1 aliphatic rings. The van der Waals surface area contributed by atoms with Gasteiger partial charge in [-0.15, -0.1) is 11.3 Å². The monoisotopic (exact) mass is 376 g/mol. The summed E-state index contributed by atoms with van der Waals surface area (Å²) in [6.07, 6.45) is 3.12. The van der Waals surface area contributed by atoms with Crippen molar-refractivity contribution in [1.82, 2.24) is 4.90 Å². The van der Waals surface area contributed by atoms with Crippen molar-refractivity contribution in [2.45, 2.75) is 33.2 Å². The maximum absolute atomic E-state index is 12.2. The first kappa shape index (κ1) is 18.7. The second kappa shape index (κ2) is 8.51. The third kappa shape index (κ3) is 4.53. The van der Waals surface area contributed by atoms with Crippen LogP contribution in [0.1, 0.15) is 40.8 Å². The molecule has 1 amide bonds. The quantitative estimate of drug-likeness (QED) is 0.779. The number of hydrogen-bond donors (Lipinski definition) is 1. The minimum Gasteiger partial charge on any atom is -0.466 e. The zero-order chi connectivity index (χ0) is 18.5. The van der Waals surface area contributed by atoms with Crippen LogP contribution in [0.15, 0.2) is 28.9 Å². The number of amides is 1. The number of nitrogens with one attached hydrogen (secondary N) is 1. The first-order valence-corrected chi connectivity index (χ1v) is 9.71. The van der Waals surface area contributed by atoms with Gasteiger partial charge in [0.15, 0.2) is 5.76 Å². The number of carbonyl (C=O) groups excluding carboxylic acids is 2. The van der Waals surface area contributed by atoms with Crippen LogP contribution < -0.4 is 5.32 Å². The highest BCUT2D eigenvalue weighted by Gasteiger charge is 2.26. The molecule has 1 N–H and O–H groups in total. The molecule has 7 heteroatoms. The normalized spacial score (nSPS) is 15.8. The van der Waals surface area contributed by atoms with Crippen LogP contribution in [0.3, 0.4) is 0 Å². The average Bonchev–Trinajstić information content (AvgIpc) is 3.26. The van der Waals surface area contributed by atoms with Gasteiger partial charge >= 0.3 is 5.97 Å². The number of carbonyl (C=O) groups is 2. The van der Waals surface area contributed by atoms with E-state index >= 15 is 0 Å². The molecule has 2 aromatic rings. The van der Waals surface area contributed by atoms with Gasteiger partial charge in [0.25, 0.3) is 5.91 Å². The number of furan rings is 1. The van der Waals surface area contributed by atoms with E-state index in [1.165, 1.54) is 6.26 Å². The van der Waals surface area contributed by atoms with Crippen LogP contribution in [0.2, 0.25) is 0 Å². The molecule has 0 bridgehead atoms. The van der Waals surface area contributed by atoms with Gasteiger partial charge < -0.3 is 14.5 Å². The Morgan fingerprint density at radius 2 is 2.15 bits per heavy atom. The summed E-state index contributed by atoms with van der Waals surface area (Å²) in [5.41, 5.74) is 1.10. The molecule has 0 unspecified atom stereocenters. The Balaban J connectivity index is 1.59. The van der Waals surface area contributed by atoms with Crippen molar-refractivity contribution in [1.29, 1.82) is 0 Å². The highest BCUT2D eigenvalue weighted by molar-refractivity contribution is 7.16. The fraction of sp³-hybridized carbons (Fsp3) is 0.474. The molecule has 0 aliphatic carbocycles. The number of piperidine rings is 1. The van der Waals surface area contributed by atoms with Crippen molar-refractivity contribution >= 4 is 28.2 Å². The van der Waals surface area contributed by atoms with Gasteiger partial charge in [-0.2, -0.15) is 0 Å². The van der Waals surface area contributed by atoms with E-state index in [2.05, 4.69) is 16.3 Å². The van der Waals surface area contributed by atoms with Gasteiger partial charge in [0.05, 0.1) is 18.8 Å². The van der Waals surface area contributed by atoms with Gasteiger partial charge in [0.2, 0.25) is 0 Å². The van der Waals surface area contributed by atoms with Crippen molar-refractivity contribution < 1.29 is 18.7 Å². The Morgan fingerprint density at radius 3 is 2.81 bits per heavy atom. The van der Waals surface area contributed by atoms with E-state index in [4.69, 9.17) is 9.15 Å². The van der Waals surface area contributed by atoms with E-state index in [-0.39, 0.29) is 17.8 Å². The number of anilines is 1. The third-order valence-corrected chi connectivity index (χ3v) is 5.51. The van der Waals surface area contributed by atoms with Gasteiger partial charge in [-0.1, -0.05) is 0 Å². The standard InChI is InChI=1S/C19H24N2O4S/c1-3-24-19(23)14-6-8-21(9-7-14)12-15-11-13(2)26-18(15)20-17(22)16-5-4-10-25-16/h4-5,10-11,14H,3,6-9,12H2,1-2H3,(H,20,22). The molecule has 0 spiro atoms. The fourth-order valence-electron chi connectivity index (χ4n) is 3.19. The average molecular weight is 376 g/mol. The first-order valence-electron chi connectivity index (χ1n) is 8.90. The second-order valence-electron chi connectivity index (χ2n) is 6.45. The molecule has 6 nitrogen and oxygen atoms in total. The van der Waals surface area contributed by atoms with Crippen molar-refractivity contribution in [3.63, 3.8) is 0 Å². The van der Waals surface area contributed by atoms with E-state index in [1.807, 2.05) is 13.8 Å². The van der Waals surface area contributed by atoms with Gasteiger partial charge in [-0.25, -0.2) is 0 Å². The summed E-state index contributed by atoms with van der Waals surface area (Å²) in [7, 11) is 0. The van der Waals surface area contributed by atoms with E-state index in [1.54, 1.807) is 23.5 Å². The molecule has 0 saturated carbocycles. The molecule has 1 saturated heterocycles. The molecule has 140 valence electrons. The summed E-state index contributed by atoms with van der Waals surface area (Å²) in [6, 6.07) is 5.46. The minimum absolute atomic E-state index is 0.00790. The fourth-order valence-corrected chi connectivity index (χ4v) is 4.11. The van der Waals surface area contributed by atoms with Gasteiger partial charge in [-0.3, -0.25) is 14.5 Å². The zero-order valence-electron chi connectivity index (χ0n) is 15.1. The van der Waals surface area contributed by atoms with Crippen LogP contribution in [0.25, 0.3) is 0 Å². The highest BCUT2D eigenvalue weighted by atomic mass is 32.1. The number of esters is 1. The summed E-state index contributed by atoms with van der Waals surface area (Å²) in [5, 5.41) is 3.81. The molecule has 3 rings (SSSR count). The van der Waals surface area contributed by atoms with Crippen LogP contribution in [0, 0.1) is 12.8 Å². The van der Waals surface area contributed by atoms with Crippen LogP contribution in [-0.2, 0) is 16.1 Å². The summed E-state index contributed by atoms with van der Waals surface area (Å²) >= 11 is 1.57. The zero-order valence-corrected chi connectivity index (χ0v) is 15.9. The van der Waals surface area contributed by atoms with Crippen molar-refractivity contribution in [2.75, 3.05) is 25.0 Å². The Bertz CT molecular complexity index is 746. The molecule has 2 aromatic heterocycles. The van der Waals surface area contributed by atoms with E-state index in [0.29, 0.717) is 12.4 Å². The largest absolute Gasteiger partial charge is 0.466 e. The predicted molar refractivity (Wildman–Crippen MR) is 100 cm³/mol. The Labute approximate surface area is 157 Å². The second-order valence-corrected chi connectivity index (χ2v) is 7.70. The number of thiophene rings is 1. The molecule has 3 heterocycles. The van der Waals surface area contributed by atoms with Gasteiger partial charge in [0, 0.05) is 17.0 Å². The summed E-state index contributed by atoms with van der Waals surface area (Å²) in [4.78, 5) is 27.6. The maximum Gasteiger partial charge on any atom is 0.309 e. The van der Waals surface area contributed by atoms with Gasteiger partial charge in [-0.05, 0) is 58.0 Å². The Kier molecular flexibility index (Phi) is 6.11. The molecule has 0 radical (unpaired) electrons. The number of likely N-dealkylation sites (tertiary alicyclic amines) is 1. The van der Waals surface area contributed by atoms with E-state index < -0.39 is 0 Å². The van der Waals surface area contributed by atoms with E-state index in [0.717, 1.165) is 47.9 Å². The van der Waals surface area contributed by atoms with Crippen LogP contribution in [-0.4, -0.2) is 36.5 Å². The Morgan fingerprint density at radius 1 is 1.38 bits per heavy atom. The lowest BCUT2D eigenvalue weighted by Crippen LogP contribution is -2.36. The lowest BCUT2D eigenvalue weighted by Gasteiger charge is -2.30. The van der Waals surface area contributed by atoms with Crippen molar-refractivity contribution in [2.24, 2.45) is 5.92 Å². The van der Waals surface area contributed by atoms with Crippen molar-refractivity contribution in [3.05, 3.63) is 40.7 Å². The van der Waals surface area contributed by atoms with Crippen LogP contribution >= 0.6 is 11.3 Å². The summed E-state index contributed by atoms with van der Waals surface area (Å²) in [5.74, 6) is -0.00478. The molecule has 26 heavy (non-hydrogen) atoms. The molecule has 0 aromatic carbocycles.